The fourth-order valence-corrected chi connectivity index (χ4v) is 6.31. The van der Waals surface area contributed by atoms with Crippen LogP contribution in [-0.2, 0) is 28.0 Å². The van der Waals surface area contributed by atoms with Crippen molar-refractivity contribution in [2.24, 2.45) is 11.3 Å². The van der Waals surface area contributed by atoms with Crippen LogP contribution in [0.1, 0.15) is 69.8 Å². The van der Waals surface area contributed by atoms with E-state index in [0.717, 1.165) is 34.9 Å². The summed E-state index contributed by atoms with van der Waals surface area (Å²) in [6.45, 7) is 12.6. The highest BCUT2D eigenvalue weighted by Crippen LogP contribution is 2.48. The molecule has 1 amide bonds. The van der Waals surface area contributed by atoms with E-state index in [0.29, 0.717) is 12.3 Å². The molecule has 4 rings (SSSR count). The van der Waals surface area contributed by atoms with Crippen LogP contribution in [0.15, 0.2) is 66.7 Å². The number of aliphatic carboxylic acids is 1. The van der Waals surface area contributed by atoms with Crippen molar-refractivity contribution >= 4 is 11.9 Å². The van der Waals surface area contributed by atoms with Gasteiger partial charge in [0.1, 0.15) is 23.4 Å². The maximum Gasteiger partial charge on any atom is 0.326 e. The van der Waals surface area contributed by atoms with Crippen LogP contribution in [-0.4, -0.2) is 41.1 Å². The number of hydrogen-bond donors (Lipinski definition) is 2. The maximum absolute atomic E-state index is 14.7. The summed E-state index contributed by atoms with van der Waals surface area (Å²) in [6, 6.07) is 15.9. The molecule has 4 atom stereocenters. The fourth-order valence-electron chi connectivity index (χ4n) is 6.31. The Hall–Kier alpha value is -3.78. The van der Waals surface area contributed by atoms with Gasteiger partial charge in [-0.25, -0.2) is 13.6 Å². The Morgan fingerprint density at radius 3 is 2.19 bits per heavy atom. The molecule has 1 aliphatic rings. The first-order chi connectivity index (χ1) is 20.1. The topological polar surface area (TPSA) is 78.9 Å². The van der Waals surface area contributed by atoms with Gasteiger partial charge in [0.25, 0.3) is 0 Å². The number of ether oxygens (including phenoxy) is 1. The Morgan fingerprint density at radius 1 is 0.930 bits per heavy atom. The Labute approximate surface area is 253 Å². The summed E-state index contributed by atoms with van der Waals surface area (Å²) in [5.41, 5.74) is 2.02. The zero-order valence-electron chi connectivity index (χ0n) is 25.9. The van der Waals surface area contributed by atoms with Gasteiger partial charge in [-0.05, 0) is 46.2 Å². The van der Waals surface area contributed by atoms with E-state index in [-0.39, 0.29) is 11.0 Å². The molecular formula is C35H42F2N2O4. The van der Waals surface area contributed by atoms with E-state index in [4.69, 9.17) is 4.74 Å². The lowest BCUT2D eigenvalue weighted by Crippen LogP contribution is -2.48. The monoisotopic (exact) mass is 592 g/mol. The lowest BCUT2D eigenvalue weighted by molar-refractivity contribution is -0.152. The molecule has 0 bridgehead atoms. The SMILES string of the molecule is COc1ccc(C(C)(C)C)cc1CN[C@H]1[C@H](C(C)(C)C)[C@@H](C(=O)O)N(C(=O)Cc2cc(F)ccc2F)[C@H]1c1ccccc1. The zero-order valence-corrected chi connectivity index (χ0v) is 25.9. The molecule has 1 heterocycles. The molecule has 230 valence electrons. The molecule has 0 aromatic heterocycles. The van der Waals surface area contributed by atoms with Crippen molar-refractivity contribution in [3.8, 4) is 5.75 Å². The standard InChI is InChI=1S/C35H42F2N2O4/c1-34(2,3)24-13-16-27(43-7)23(17-24)20-38-30-29(35(4,5)6)32(33(41)42)39(31(30)21-11-9-8-10-12-21)28(40)19-22-18-25(36)14-15-26(22)37/h8-18,29-32,38H,19-20H2,1-7H3,(H,41,42)/t29-,30-,31-,32-/m0/s1. The van der Waals surface area contributed by atoms with Gasteiger partial charge in [-0.1, -0.05) is 84.0 Å². The normalized spacial score (nSPS) is 20.7. The minimum Gasteiger partial charge on any atom is -0.496 e. The summed E-state index contributed by atoms with van der Waals surface area (Å²) in [6.07, 6.45) is -0.470. The van der Waals surface area contributed by atoms with E-state index in [1.165, 1.54) is 4.90 Å². The third kappa shape index (κ3) is 6.90. The molecule has 3 aromatic rings. The molecule has 2 N–H and O–H groups in total. The van der Waals surface area contributed by atoms with Crippen LogP contribution < -0.4 is 10.1 Å². The number of methoxy groups -OCH3 is 1. The highest BCUT2D eigenvalue weighted by atomic mass is 19.1. The molecule has 3 aromatic carbocycles. The number of halogens is 2. The van der Waals surface area contributed by atoms with Crippen molar-refractivity contribution in [1.29, 1.82) is 0 Å². The largest absolute Gasteiger partial charge is 0.496 e. The second-order valence-electron chi connectivity index (χ2n) is 13.4. The van der Waals surface area contributed by atoms with Crippen LogP contribution >= 0.6 is 0 Å². The van der Waals surface area contributed by atoms with Crippen molar-refractivity contribution in [1.82, 2.24) is 10.2 Å². The maximum atomic E-state index is 14.7. The number of carbonyl (C=O) groups is 2. The Kier molecular flexibility index (Phi) is 9.30. The smallest absolute Gasteiger partial charge is 0.326 e. The molecule has 1 aliphatic heterocycles. The molecule has 0 unspecified atom stereocenters. The first-order valence-corrected chi connectivity index (χ1v) is 14.6. The number of nitrogens with one attached hydrogen (secondary N) is 1. The molecule has 43 heavy (non-hydrogen) atoms. The van der Waals surface area contributed by atoms with Gasteiger partial charge in [0, 0.05) is 29.6 Å². The van der Waals surface area contributed by atoms with E-state index < -0.39 is 59.4 Å². The van der Waals surface area contributed by atoms with Gasteiger partial charge < -0.3 is 20.1 Å². The van der Waals surface area contributed by atoms with Gasteiger partial charge >= 0.3 is 5.97 Å². The predicted molar refractivity (Wildman–Crippen MR) is 163 cm³/mol. The summed E-state index contributed by atoms with van der Waals surface area (Å²) < 4.78 is 34.3. The summed E-state index contributed by atoms with van der Waals surface area (Å²) in [4.78, 5) is 28.4. The first-order valence-electron chi connectivity index (χ1n) is 14.6. The van der Waals surface area contributed by atoms with E-state index >= 15 is 0 Å². The van der Waals surface area contributed by atoms with Crippen molar-refractivity contribution in [3.05, 3.63) is 101 Å². The summed E-state index contributed by atoms with van der Waals surface area (Å²) in [5, 5.41) is 14.3. The average Bonchev–Trinajstić information content (AvgIpc) is 3.30. The number of hydrogen-bond acceptors (Lipinski definition) is 4. The first kappa shape index (κ1) is 32.1. The lowest BCUT2D eigenvalue weighted by Gasteiger charge is -2.35. The van der Waals surface area contributed by atoms with Crippen molar-refractivity contribution in [2.45, 2.75) is 78.0 Å². The molecule has 0 aliphatic carbocycles. The summed E-state index contributed by atoms with van der Waals surface area (Å²) in [5.74, 6) is -2.95. The van der Waals surface area contributed by atoms with Gasteiger partial charge in [0.2, 0.25) is 5.91 Å². The van der Waals surface area contributed by atoms with Crippen LogP contribution in [0.3, 0.4) is 0 Å². The third-order valence-electron chi connectivity index (χ3n) is 8.37. The van der Waals surface area contributed by atoms with Crippen LogP contribution in [0.5, 0.6) is 5.75 Å². The summed E-state index contributed by atoms with van der Waals surface area (Å²) in [7, 11) is 1.61. The number of amides is 1. The highest BCUT2D eigenvalue weighted by Gasteiger charge is 2.57. The number of rotatable bonds is 8. The second-order valence-corrected chi connectivity index (χ2v) is 13.4. The van der Waals surface area contributed by atoms with Gasteiger partial charge in [0.05, 0.1) is 19.6 Å². The second kappa shape index (κ2) is 12.4. The van der Waals surface area contributed by atoms with Gasteiger partial charge in [-0.15, -0.1) is 0 Å². The quantitative estimate of drug-likeness (QED) is 0.306. The number of nitrogens with zero attached hydrogens (tertiary/aromatic N) is 1. The molecule has 8 heteroatoms. The average molecular weight is 593 g/mol. The summed E-state index contributed by atoms with van der Waals surface area (Å²) >= 11 is 0. The number of likely N-dealkylation sites (tertiary alicyclic amines) is 1. The Morgan fingerprint density at radius 2 is 1.60 bits per heavy atom. The molecule has 0 radical (unpaired) electrons. The van der Waals surface area contributed by atoms with Crippen molar-refractivity contribution in [3.63, 3.8) is 0 Å². The van der Waals surface area contributed by atoms with Gasteiger partial charge in [0.15, 0.2) is 0 Å². The minimum absolute atomic E-state index is 0.0985. The molecule has 0 spiro atoms. The minimum atomic E-state index is -1.21. The zero-order chi connectivity index (χ0) is 31.7. The van der Waals surface area contributed by atoms with E-state index in [1.807, 2.05) is 63.2 Å². The number of benzene rings is 3. The molecule has 6 nitrogen and oxygen atoms in total. The lowest BCUT2D eigenvalue weighted by atomic mass is 9.72. The van der Waals surface area contributed by atoms with Gasteiger partial charge in [-0.2, -0.15) is 0 Å². The van der Waals surface area contributed by atoms with E-state index in [2.05, 4.69) is 32.2 Å². The fraction of sp³-hybridized carbons (Fsp3) is 0.429. The van der Waals surface area contributed by atoms with Crippen LogP contribution in [0, 0.1) is 23.0 Å². The molecular weight excluding hydrogens is 550 g/mol. The number of carboxylic acids is 1. The predicted octanol–water partition coefficient (Wildman–Crippen LogP) is 6.67. The highest BCUT2D eigenvalue weighted by molar-refractivity contribution is 5.87. The number of carboxylic acid groups (broad SMARTS) is 1. The van der Waals surface area contributed by atoms with Crippen molar-refractivity contribution in [2.75, 3.05) is 7.11 Å². The van der Waals surface area contributed by atoms with Crippen molar-refractivity contribution < 1.29 is 28.2 Å². The van der Waals surface area contributed by atoms with Crippen LogP contribution in [0.2, 0.25) is 0 Å². The molecule has 1 saturated heterocycles. The Bertz CT molecular complexity index is 1460. The van der Waals surface area contributed by atoms with Crippen LogP contribution in [0.4, 0.5) is 8.78 Å². The molecule has 0 saturated carbocycles. The van der Waals surface area contributed by atoms with Gasteiger partial charge in [-0.3, -0.25) is 4.79 Å². The number of carbonyl (C=O) groups excluding carboxylic acids is 1. The Balaban J connectivity index is 1.83. The third-order valence-corrected chi connectivity index (χ3v) is 8.37. The molecule has 1 fully saturated rings. The van der Waals surface area contributed by atoms with Crippen LogP contribution in [0.25, 0.3) is 0 Å². The van der Waals surface area contributed by atoms with E-state index in [9.17, 15) is 23.5 Å². The van der Waals surface area contributed by atoms with E-state index in [1.54, 1.807) is 7.11 Å².